The number of aryl methyl sites for hydroxylation is 1. The van der Waals surface area contributed by atoms with Crippen LogP contribution in [0.25, 0.3) is 0 Å². The quantitative estimate of drug-likeness (QED) is 0.892. The minimum Gasteiger partial charge on any atom is -0.341 e. The lowest BCUT2D eigenvalue weighted by Crippen LogP contribution is -2.44. The molecule has 0 radical (unpaired) electrons. The van der Waals surface area contributed by atoms with Crippen molar-refractivity contribution in [1.29, 1.82) is 0 Å². The summed E-state index contributed by atoms with van der Waals surface area (Å²) in [4.78, 5) is 22.7. The molecule has 0 saturated carbocycles. The lowest BCUT2D eigenvalue weighted by atomic mass is 10.1. The first-order valence-electron chi connectivity index (χ1n) is 6.92. The first-order chi connectivity index (χ1) is 9.09. The molecular weight excluding hydrogens is 240 g/mol. The zero-order valence-electron chi connectivity index (χ0n) is 11.9. The highest BCUT2D eigenvalue weighted by atomic mass is 16.2. The van der Waals surface area contributed by atoms with Crippen LogP contribution in [-0.2, 0) is 4.79 Å². The van der Waals surface area contributed by atoms with Gasteiger partial charge in [0.25, 0.3) is 0 Å². The van der Waals surface area contributed by atoms with Gasteiger partial charge < -0.3 is 4.90 Å². The second-order valence-corrected chi connectivity index (χ2v) is 5.17. The van der Waals surface area contributed by atoms with Crippen LogP contribution in [0.5, 0.6) is 0 Å². The van der Waals surface area contributed by atoms with Crippen molar-refractivity contribution in [1.82, 2.24) is 20.2 Å². The third-order valence-electron chi connectivity index (χ3n) is 3.62. The van der Waals surface area contributed by atoms with Crippen molar-refractivity contribution in [3.63, 3.8) is 0 Å². The van der Waals surface area contributed by atoms with E-state index in [4.69, 9.17) is 0 Å². The van der Waals surface area contributed by atoms with E-state index in [-0.39, 0.29) is 18.0 Å². The summed E-state index contributed by atoms with van der Waals surface area (Å²) in [7, 11) is 0. The summed E-state index contributed by atoms with van der Waals surface area (Å²) in [6, 6.07) is -0.162. The number of nitrogens with one attached hydrogen (secondary N) is 1. The molecule has 104 valence electrons. The Morgan fingerprint density at radius 3 is 2.53 bits per heavy atom. The summed E-state index contributed by atoms with van der Waals surface area (Å²) < 4.78 is 0. The van der Waals surface area contributed by atoms with Gasteiger partial charge in [-0.3, -0.25) is 20.1 Å². The second-order valence-electron chi connectivity index (χ2n) is 5.17. The van der Waals surface area contributed by atoms with Crippen molar-refractivity contribution in [2.24, 2.45) is 0 Å². The molecule has 19 heavy (non-hydrogen) atoms. The smallest absolute Gasteiger partial charge is 0.239 e. The highest BCUT2D eigenvalue weighted by Crippen LogP contribution is 2.14. The van der Waals surface area contributed by atoms with Gasteiger partial charge in [-0.2, -0.15) is 0 Å². The molecule has 2 rings (SSSR count). The van der Waals surface area contributed by atoms with Gasteiger partial charge in [0, 0.05) is 31.5 Å². The van der Waals surface area contributed by atoms with E-state index >= 15 is 0 Å². The lowest BCUT2D eigenvalue weighted by Gasteiger charge is -2.24. The Kier molecular flexibility index (Phi) is 4.47. The molecular formula is C14H22N4O. The molecule has 2 atom stereocenters. The molecule has 0 aliphatic carbocycles. The number of amides is 1. The Labute approximate surface area is 114 Å². The summed E-state index contributed by atoms with van der Waals surface area (Å²) >= 11 is 0. The van der Waals surface area contributed by atoms with Crippen LogP contribution in [0.15, 0.2) is 12.4 Å². The van der Waals surface area contributed by atoms with Gasteiger partial charge in [-0.05, 0) is 33.6 Å². The highest BCUT2D eigenvalue weighted by Gasteiger charge is 2.24. The third kappa shape index (κ3) is 3.29. The Morgan fingerprint density at radius 1 is 1.26 bits per heavy atom. The number of hydrogen-bond donors (Lipinski definition) is 1. The van der Waals surface area contributed by atoms with Crippen molar-refractivity contribution in [2.45, 2.75) is 45.7 Å². The van der Waals surface area contributed by atoms with Crippen LogP contribution in [0.4, 0.5) is 0 Å². The molecule has 1 aromatic rings. The number of nitrogens with zero attached hydrogens (tertiary/aromatic N) is 3. The summed E-state index contributed by atoms with van der Waals surface area (Å²) in [5.41, 5.74) is 1.81. The molecule has 1 fully saturated rings. The minimum absolute atomic E-state index is 0.0234. The van der Waals surface area contributed by atoms with Crippen LogP contribution >= 0.6 is 0 Å². The molecule has 1 aliphatic heterocycles. The topological polar surface area (TPSA) is 58.1 Å². The Morgan fingerprint density at radius 2 is 1.89 bits per heavy atom. The molecule has 0 spiro atoms. The van der Waals surface area contributed by atoms with E-state index < -0.39 is 0 Å². The molecule has 1 aromatic heterocycles. The van der Waals surface area contributed by atoms with Crippen LogP contribution in [0.2, 0.25) is 0 Å². The minimum atomic E-state index is -0.186. The number of hydrogen-bond acceptors (Lipinski definition) is 4. The fourth-order valence-electron chi connectivity index (χ4n) is 2.58. The van der Waals surface area contributed by atoms with E-state index in [0.717, 1.165) is 37.3 Å². The molecule has 1 saturated heterocycles. The zero-order chi connectivity index (χ0) is 13.8. The number of carbonyl (C=O) groups excluding carboxylic acids is 1. The number of likely N-dealkylation sites (tertiary alicyclic amines) is 1. The van der Waals surface area contributed by atoms with Crippen molar-refractivity contribution < 1.29 is 4.79 Å². The van der Waals surface area contributed by atoms with E-state index in [0.29, 0.717) is 0 Å². The predicted octanol–water partition coefficient (Wildman–Crippen LogP) is 1.45. The fraction of sp³-hybridized carbons (Fsp3) is 0.643. The van der Waals surface area contributed by atoms with Gasteiger partial charge in [-0.25, -0.2) is 0 Å². The molecule has 2 heterocycles. The molecule has 5 nitrogen and oxygen atoms in total. The predicted molar refractivity (Wildman–Crippen MR) is 73.6 cm³/mol. The molecule has 1 amide bonds. The normalized spacial score (nSPS) is 18.4. The maximum atomic E-state index is 12.2. The summed E-state index contributed by atoms with van der Waals surface area (Å²) in [6.07, 6.45) is 5.62. The van der Waals surface area contributed by atoms with Gasteiger partial charge in [-0.15, -0.1) is 0 Å². The average Bonchev–Trinajstić information content (AvgIpc) is 2.92. The zero-order valence-corrected chi connectivity index (χ0v) is 11.9. The van der Waals surface area contributed by atoms with E-state index in [2.05, 4.69) is 15.3 Å². The first kappa shape index (κ1) is 13.9. The third-order valence-corrected chi connectivity index (χ3v) is 3.62. The van der Waals surface area contributed by atoms with Crippen LogP contribution < -0.4 is 5.32 Å². The fourth-order valence-corrected chi connectivity index (χ4v) is 2.58. The van der Waals surface area contributed by atoms with Crippen LogP contribution in [0.3, 0.4) is 0 Å². The van der Waals surface area contributed by atoms with Crippen molar-refractivity contribution in [2.75, 3.05) is 13.1 Å². The summed E-state index contributed by atoms with van der Waals surface area (Å²) in [5.74, 6) is 0.186. The summed E-state index contributed by atoms with van der Waals surface area (Å²) in [6.45, 7) is 7.66. The highest BCUT2D eigenvalue weighted by molar-refractivity contribution is 5.81. The SMILES string of the molecule is Cc1nccnc1C(C)NC(C)C(=O)N1CCCC1. The molecule has 1 N–H and O–H groups in total. The Bertz CT molecular complexity index is 443. The van der Waals surface area contributed by atoms with Gasteiger partial charge in [0.05, 0.1) is 17.4 Å². The van der Waals surface area contributed by atoms with E-state index in [1.807, 2.05) is 25.7 Å². The van der Waals surface area contributed by atoms with Gasteiger partial charge in [0.15, 0.2) is 0 Å². The Hall–Kier alpha value is -1.49. The van der Waals surface area contributed by atoms with Gasteiger partial charge in [0.2, 0.25) is 5.91 Å². The van der Waals surface area contributed by atoms with Crippen LogP contribution in [0, 0.1) is 6.92 Å². The Balaban J connectivity index is 1.96. The molecule has 1 aliphatic rings. The van der Waals surface area contributed by atoms with E-state index in [1.54, 1.807) is 12.4 Å². The van der Waals surface area contributed by atoms with Gasteiger partial charge >= 0.3 is 0 Å². The largest absolute Gasteiger partial charge is 0.341 e. The monoisotopic (exact) mass is 262 g/mol. The van der Waals surface area contributed by atoms with Crippen molar-refractivity contribution in [3.8, 4) is 0 Å². The molecule has 0 aromatic carbocycles. The van der Waals surface area contributed by atoms with Crippen molar-refractivity contribution >= 4 is 5.91 Å². The van der Waals surface area contributed by atoms with E-state index in [1.165, 1.54) is 0 Å². The van der Waals surface area contributed by atoms with Crippen LogP contribution in [-0.4, -0.2) is 39.9 Å². The average molecular weight is 262 g/mol. The maximum Gasteiger partial charge on any atom is 0.239 e. The number of aromatic nitrogens is 2. The maximum absolute atomic E-state index is 12.2. The number of rotatable bonds is 4. The molecule has 2 unspecified atom stereocenters. The van der Waals surface area contributed by atoms with Gasteiger partial charge in [0.1, 0.15) is 0 Å². The lowest BCUT2D eigenvalue weighted by molar-refractivity contribution is -0.132. The second kappa shape index (κ2) is 6.10. The summed E-state index contributed by atoms with van der Waals surface area (Å²) in [5, 5.41) is 3.32. The van der Waals surface area contributed by atoms with Crippen LogP contribution in [0.1, 0.15) is 44.1 Å². The van der Waals surface area contributed by atoms with Crippen molar-refractivity contribution in [3.05, 3.63) is 23.8 Å². The standard InChI is InChI=1S/C14H22N4O/c1-10-13(16-7-6-15-10)11(2)17-12(3)14(19)18-8-4-5-9-18/h6-7,11-12,17H,4-5,8-9H2,1-3H3. The van der Waals surface area contributed by atoms with E-state index in [9.17, 15) is 4.79 Å². The first-order valence-corrected chi connectivity index (χ1v) is 6.92. The molecule has 0 bridgehead atoms. The number of carbonyl (C=O) groups is 1. The van der Waals surface area contributed by atoms with Gasteiger partial charge in [-0.1, -0.05) is 0 Å². The molecule has 5 heteroatoms.